The van der Waals surface area contributed by atoms with Crippen molar-refractivity contribution in [3.05, 3.63) is 33.8 Å². The molecule has 1 aromatic carbocycles. The first kappa shape index (κ1) is 12.3. The molecule has 0 aliphatic heterocycles. The fourth-order valence-corrected chi connectivity index (χ4v) is 1.75. The molecule has 0 saturated carbocycles. The van der Waals surface area contributed by atoms with Gasteiger partial charge in [-0.25, -0.2) is 0 Å². The lowest BCUT2D eigenvalue weighted by molar-refractivity contribution is -0.137. The Hall–Kier alpha value is -0.740. The first-order chi connectivity index (χ1) is 6.73. The molecular weight excluding hydrogens is 252 g/mol. The molecule has 82 valence electrons. The molecule has 0 aliphatic carbocycles. The van der Waals surface area contributed by atoms with Crippen LogP contribution in [-0.2, 0) is 6.18 Å². The lowest BCUT2D eigenvalue weighted by atomic mass is 10.0. The Bertz CT molecular complexity index is 413. The highest BCUT2D eigenvalue weighted by Gasteiger charge is 2.36. The molecule has 1 rings (SSSR count). The number of alkyl halides is 3. The molecule has 0 aliphatic rings. The number of carbonyl (C=O) groups is 1. The van der Waals surface area contributed by atoms with Crippen molar-refractivity contribution in [3.8, 4) is 0 Å². The van der Waals surface area contributed by atoms with Crippen LogP contribution in [0.15, 0.2) is 12.1 Å². The Labute approximate surface area is 93.8 Å². The van der Waals surface area contributed by atoms with E-state index in [4.69, 9.17) is 23.2 Å². The van der Waals surface area contributed by atoms with E-state index in [2.05, 4.69) is 0 Å². The third-order valence-corrected chi connectivity index (χ3v) is 2.21. The van der Waals surface area contributed by atoms with E-state index in [1.54, 1.807) is 0 Å². The number of hydrogen-bond donors (Lipinski definition) is 0. The molecule has 0 atom stereocenters. The standard InChI is InChI=1S/C9H5Cl2F3O/c1-4-2-5(10)3-6(9(12,13)14)7(4)8(11)15/h2-3H,1H3. The van der Waals surface area contributed by atoms with Crippen LogP contribution in [0.1, 0.15) is 21.5 Å². The van der Waals surface area contributed by atoms with Gasteiger partial charge in [0.1, 0.15) is 0 Å². The maximum Gasteiger partial charge on any atom is 0.417 e. The second kappa shape index (κ2) is 4.02. The van der Waals surface area contributed by atoms with Gasteiger partial charge in [0.05, 0.1) is 5.56 Å². The Kier molecular flexibility index (Phi) is 3.31. The van der Waals surface area contributed by atoms with Gasteiger partial charge in [-0.2, -0.15) is 13.2 Å². The highest BCUT2D eigenvalue weighted by atomic mass is 35.5. The van der Waals surface area contributed by atoms with Crippen LogP contribution in [0.2, 0.25) is 5.02 Å². The number of benzene rings is 1. The minimum Gasteiger partial charge on any atom is -0.276 e. The summed E-state index contributed by atoms with van der Waals surface area (Å²) in [6.45, 7) is 1.34. The minimum absolute atomic E-state index is 0.0820. The lowest BCUT2D eigenvalue weighted by Gasteiger charge is -2.12. The van der Waals surface area contributed by atoms with E-state index in [0.29, 0.717) is 6.07 Å². The Morgan fingerprint density at radius 2 is 1.87 bits per heavy atom. The summed E-state index contributed by atoms with van der Waals surface area (Å²) < 4.78 is 37.5. The molecule has 0 unspecified atom stereocenters. The van der Waals surface area contributed by atoms with Crippen LogP contribution in [0, 0.1) is 6.92 Å². The van der Waals surface area contributed by atoms with E-state index in [0.717, 1.165) is 0 Å². The molecule has 0 spiro atoms. The molecule has 0 fully saturated rings. The summed E-state index contributed by atoms with van der Waals surface area (Å²) in [7, 11) is 0. The van der Waals surface area contributed by atoms with E-state index in [9.17, 15) is 18.0 Å². The number of halogens is 5. The maximum atomic E-state index is 12.5. The van der Waals surface area contributed by atoms with Gasteiger partial charge in [-0.1, -0.05) is 11.6 Å². The van der Waals surface area contributed by atoms with E-state index in [-0.39, 0.29) is 10.6 Å². The maximum absolute atomic E-state index is 12.5. The van der Waals surface area contributed by atoms with Gasteiger partial charge >= 0.3 is 6.18 Å². The summed E-state index contributed by atoms with van der Waals surface area (Å²) in [5.41, 5.74) is -1.55. The number of aryl methyl sites for hydroxylation is 1. The fraction of sp³-hybridized carbons (Fsp3) is 0.222. The first-order valence-electron chi connectivity index (χ1n) is 3.80. The van der Waals surface area contributed by atoms with Crippen LogP contribution in [0.5, 0.6) is 0 Å². The molecule has 0 saturated heterocycles. The number of carbonyl (C=O) groups excluding carboxylic acids is 1. The molecule has 0 amide bonds. The molecule has 6 heteroatoms. The minimum atomic E-state index is -4.64. The average molecular weight is 257 g/mol. The molecule has 0 N–H and O–H groups in total. The monoisotopic (exact) mass is 256 g/mol. The van der Waals surface area contributed by atoms with E-state index >= 15 is 0 Å². The zero-order valence-electron chi connectivity index (χ0n) is 7.45. The van der Waals surface area contributed by atoms with Crippen LogP contribution in [0.3, 0.4) is 0 Å². The largest absolute Gasteiger partial charge is 0.417 e. The average Bonchev–Trinajstić information content (AvgIpc) is 1.99. The van der Waals surface area contributed by atoms with Gasteiger partial charge in [0.25, 0.3) is 5.24 Å². The fourth-order valence-electron chi connectivity index (χ4n) is 1.23. The van der Waals surface area contributed by atoms with Crippen LogP contribution >= 0.6 is 23.2 Å². The molecule has 1 aromatic rings. The highest BCUT2D eigenvalue weighted by Crippen LogP contribution is 2.36. The van der Waals surface area contributed by atoms with Gasteiger partial charge in [0.2, 0.25) is 0 Å². The van der Waals surface area contributed by atoms with Crippen molar-refractivity contribution in [2.24, 2.45) is 0 Å². The third kappa shape index (κ3) is 2.63. The highest BCUT2D eigenvalue weighted by molar-refractivity contribution is 6.68. The number of hydrogen-bond acceptors (Lipinski definition) is 1. The van der Waals surface area contributed by atoms with Gasteiger partial charge in [-0.3, -0.25) is 4.79 Å². The van der Waals surface area contributed by atoms with Crippen molar-refractivity contribution in [2.75, 3.05) is 0 Å². The summed E-state index contributed by atoms with van der Waals surface area (Å²) in [6, 6.07) is 1.94. The van der Waals surface area contributed by atoms with Crippen molar-refractivity contribution < 1.29 is 18.0 Å². The predicted octanol–water partition coefficient (Wildman–Crippen LogP) is 4.05. The zero-order chi connectivity index (χ0) is 11.8. The molecule has 0 heterocycles. The summed E-state index contributed by atoms with van der Waals surface area (Å²) in [4.78, 5) is 10.9. The Balaban J connectivity index is 3.54. The van der Waals surface area contributed by atoms with Crippen molar-refractivity contribution in [1.82, 2.24) is 0 Å². The SMILES string of the molecule is Cc1cc(Cl)cc(C(F)(F)F)c1C(=O)Cl. The van der Waals surface area contributed by atoms with E-state index in [1.165, 1.54) is 13.0 Å². The second-order valence-corrected chi connectivity index (χ2v) is 3.70. The van der Waals surface area contributed by atoms with Crippen molar-refractivity contribution in [2.45, 2.75) is 13.1 Å². The normalized spacial score (nSPS) is 11.6. The lowest BCUT2D eigenvalue weighted by Crippen LogP contribution is -2.12. The van der Waals surface area contributed by atoms with Gasteiger partial charge < -0.3 is 0 Å². The first-order valence-corrected chi connectivity index (χ1v) is 4.56. The van der Waals surface area contributed by atoms with Crippen molar-refractivity contribution >= 4 is 28.4 Å². The third-order valence-electron chi connectivity index (χ3n) is 1.80. The summed E-state index contributed by atoms with van der Waals surface area (Å²) >= 11 is 10.6. The Morgan fingerprint density at radius 3 is 2.27 bits per heavy atom. The van der Waals surface area contributed by atoms with Gasteiger partial charge in [-0.05, 0) is 36.2 Å². The molecule has 0 bridgehead atoms. The molecule has 0 aromatic heterocycles. The van der Waals surface area contributed by atoms with Crippen molar-refractivity contribution in [3.63, 3.8) is 0 Å². The van der Waals surface area contributed by atoms with E-state index in [1.807, 2.05) is 0 Å². The van der Waals surface area contributed by atoms with Crippen molar-refractivity contribution in [1.29, 1.82) is 0 Å². The zero-order valence-corrected chi connectivity index (χ0v) is 8.96. The van der Waals surface area contributed by atoms with Gasteiger partial charge in [-0.15, -0.1) is 0 Å². The van der Waals surface area contributed by atoms with Crippen LogP contribution < -0.4 is 0 Å². The predicted molar refractivity (Wildman–Crippen MR) is 51.4 cm³/mol. The Morgan fingerprint density at radius 1 is 1.33 bits per heavy atom. The summed E-state index contributed by atoms with van der Waals surface area (Å²) in [5, 5.41) is -1.22. The summed E-state index contributed by atoms with van der Waals surface area (Å²) in [6.07, 6.45) is -4.64. The van der Waals surface area contributed by atoms with Crippen LogP contribution in [0.4, 0.5) is 13.2 Å². The second-order valence-electron chi connectivity index (χ2n) is 2.92. The molecule has 15 heavy (non-hydrogen) atoms. The quantitative estimate of drug-likeness (QED) is 0.693. The molecule has 0 radical (unpaired) electrons. The molecule has 1 nitrogen and oxygen atoms in total. The molecular formula is C9H5Cl2F3O. The van der Waals surface area contributed by atoms with E-state index < -0.39 is 22.5 Å². The number of rotatable bonds is 1. The topological polar surface area (TPSA) is 17.1 Å². The summed E-state index contributed by atoms with van der Waals surface area (Å²) in [5.74, 6) is 0. The van der Waals surface area contributed by atoms with Crippen LogP contribution in [0.25, 0.3) is 0 Å². The van der Waals surface area contributed by atoms with Gasteiger partial charge in [0, 0.05) is 10.6 Å². The smallest absolute Gasteiger partial charge is 0.276 e. The van der Waals surface area contributed by atoms with Gasteiger partial charge in [0.15, 0.2) is 0 Å². The van der Waals surface area contributed by atoms with Crippen LogP contribution in [-0.4, -0.2) is 5.24 Å².